The van der Waals surface area contributed by atoms with Crippen LogP contribution in [0.2, 0.25) is 0 Å². The van der Waals surface area contributed by atoms with Crippen molar-refractivity contribution in [3.05, 3.63) is 24.3 Å². The monoisotopic (exact) mass is 220 g/mol. The number of hydrogen-bond acceptors (Lipinski definition) is 4. The van der Waals surface area contributed by atoms with Gasteiger partial charge in [-0.2, -0.15) is 8.42 Å². The highest BCUT2D eigenvalue weighted by Crippen LogP contribution is 2.19. The van der Waals surface area contributed by atoms with E-state index in [-0.39, 0.29) is 4.90 Å². The maximum Gasteiger partial charge on any atom is 0.294 e. The number of hydrogen-bond donors (Lipinski definition) is 1. The molecule has 0 aromatic heterocycles. The Morgan fingerprint density at radius 3 is 2.23 bits per heavy atom. The molecule has 4 nitrogen and oxygen atoms in total. The van der Waals surface area contributed by atoms with E-state index in [1.807, 2.05) is 0 Å². The molecule has 1 N–H and O–H groups in total. The largest absolute Gasteiger partial charge is 0.314 e. The third-order valence-corrected chi connectivity index (χ3v) is 2.80. The molecule has 0 spiro atoms. The van der Waals surface area contributed by atoms with Crippen LogP contribution < -0.4 is 0 Å². The molecule has 6 heteroatoms. The summed E-state index contributed by atoms with van der Waals surface area (Å²) in [6, 6.07) is 5.74. The second-order valence-electron chi connectivity index (χ2n) is 2.20. The average molecular weight is 220 g/mol. The van der Waals surface area contributed by atoms with E-state index < -0.39 is 10.1 Å². The lowest BCUT2D eigenvalue weighted by Crippen LogP contribution is -1.96. The van der Waals surface area contributed by atoms with Gasteiger partial charge in [-0.1, -0.05) is 0 Å². The van der Waals surface area contributed by atoms with Crippen LogP contribution in [0.3, 0.4) is 0 Å². The third kappa shape index (κ3) is 3.00. The minimum Gasteiger partial charge on any atom is -0.314 e. The van der Waals surface area contributed by atoms with Gasteiger partial charge in [-0.3, -0.25) is 4.55 Å². The van der Waals surface area contributed by atoms with Crippen LogP contribution in [0.1, 0.15) is 0 Å². The molecule has 13 heavy (non-hydrogen) atoms. The van der Waals surface area contributed by atoms with Crippen molar-refractivity contribution in [2.75, 3.05) is 7.11 Å². The molecule has 0 radical (unpaired) electrons. The van der Waals surface area contributed by atoms with E-state index in [4.69, 9.17) is 8.74 Å². The van der Waals surface area contributed by atoms with Crippen molar-refractivity contribution in [2.24, 2.45) is 0 Å². The minimum atomic E-state index is -4.08. The van der Waals surface area contributed by atoms with Crippen molar-refractivity contribution in [1.29, 1.82) is 0 Å². The van der Waals surface area contributed by atoms with E-state index in [1.54, 1.807) is 12.1 Å². The Kier molecular flexibility index (Phi) is 3.32. The Hall–Kier alpha value is -0.560. The summed E-state index contributed by atoms with van der Waals surface area (Å²) < 4.78 is 34.6. The zero-order valence-electron chi connectivity index (χ0n) is 6.80. The molecule has 0 saturated heterocycles. The third-order valence-electron chi connectivity index (χ3n) is 1.30. The second kappa shape index (κ2) is 4.10. The molecule has 0 saturated carbocycles. The topological polar surface area (TPSA) is 63.6 Å². The lowest BCUT2D eigenvalue weighted by Gasteiger charge is -1.99. The zero-order valence-corrected chi connectivity index (χ0v) is 8.43. The van der Waals surface area contributed by atoms with E-state index in [0.29, 0.717) is 0 Å². The minimum absolute atomic E-state index is 0.118. The highest BCUT2D eigenvalue weighted by Gasteiger charge is 2.08. The Bertz CT molecular complexity index is 368. The fraction of sp³-hybridized carbons (Fsp3) is 0.143. The van der Waals surface area contributed by atoms with Gasteiger partial charge in [0.15, 0.2) is 0 Å². The Morgan fingerprint density at radius 1 is 1.31 bits per heavy atom. The van der Waals surface area contributed by atoms with E-state index in [1.165, 1.54) is 19.2 Å². The summed E-state index contributed by atoms with van der Waals surface area (Å²) in [7, 11) is -2.57. The van der Waals surface area contributed by atoms with Crippen molar-refractivity contribution in [1.82, 2.24) is 0 Å². The summed E-state index contributed by atoms with van der Waals surface area (Å²) in [5.74, 6) is 0. The maximum atomic E-state index is 10.6. The van der Waals surface area contributed by atoms with Crippen LogP contribution in [0.5, 0.6) is 0 Å². The van der Waals surface area contributed by atoms with E-state index in [9.17, 15) is 8.42 Å². The molecule has 0 atom stereocenters. The normalized spacial score (nSPS) is 11.5. The molecule has 0 heterocycles. The van der Waals surface area contributed by atoms with Gasteiger partial charge in [0.2, 0.25) is 0 Å². The molecule has 1 aromatic rings. The smallest absolute Gasteiger partial charge is 0.294 e. The molecule has 0 amide bonds. The number of benzene rings is 1. The average Bonchev–Trinajstić information content (AvgIpc) is 2.04. The molecular formula is C7H8O4S2. The molecular weight excluding hydrogens is 212 g/mol. The fourth-order valence-electron chi connectivity index (χ4n) is 0.763. The SMILES string of the molecule is COSc1ccc(S(=O)(=O)O)cc1. The number of rotatable bonds is 3. The predicted octanol–water partition coefficient (Wildman–Crippen LogP) is 1.59. The predicted molar refractivity (Wildman–Crippen MR) is 49.1 cm³/mol. The summed E-state index contributed by atoms with van der Waals surface area (Å²) in [5.41, 5.74) is 0. The maximum absolute atomic E-state index is 10.6. The summed E-state index contributed by atoms with van der Waals surface area (Å²) in [4.78, 5) is 0.655. The zero-order chi connectivity index (χ0) is 9.90. The van der Waals surface area contributed by atoms with Crippen molar-refractivity contribution >= 4 is 22.2 Å². The van der Waals surface area contributed by atoms with Crippen LogP contribution in [-0.2, 0) is 14.3 Å². The first-order chi connectivity index (χ1) is 6.04. The summed E-state index contributed by atoms with van der Waals surface area (Å²) >= 11 is 1.12. The Morgan fingerprint density at radius 2 is 1.85 bits per heavy atom. The summed E-state index contributed by atoms with van der Waals surface area (Å²) in [6.45, 7) is 0. The van der Waals surface area contributed by atoms with E-state index in [0.717, 1.165) is 16.9 Å². The highest BCUT2D eigenvalue weighted by molar-refractivity contribution is 7.94. The van der Waals surface area contributed by atoms with Gasteiger partial charge < -0.3 is 4.18 Å². The molecule has 72 valence electrons. The first-order valence-electron chi connectivity index (χ1n) is 3.32. The molecule has 0 fully saturated rings. The van der Waals surface area contributed by atoms with Crippen LogP contribution in [0, 0.1) is 0 Å². The first kappa shape index (κ1) is 10.5. The molecule has 0 aliphatic carbocycles. The van der Waals surface area contributed by atoms with Gasteiger partial charge in [0.25, 0.3) is 10.1 Å². The quantitative estimate of drug-likeness (QED) is 0.619. The van der Waals surface area contributed by atoms with Crippen molar-refractivity contribution in [2.45, 2.75) is 9.79 Å². The van der Waals surface area contributed by atoms with Crippen LogP contribution in [0.4, 0.5) is 0 Å². The van der Waals surface area contributed by atoms with Crippen molar-refractivity contribution in [3.63, 3.8) is 0 Å². The van der Waals surface area contributed by atoms with Crippen LogP contribution in [0.15, 0.2) is 34.1 Å². The molecule has 0 aliphatic rings. The highest BCUT2D eigenvalue weighted by atomic mass is 32.2. The van der Waals surface area contributed by atoms with Gasteiger partial charge in [-0.15, -0.1) is 0 Å². The van der Waals surface area contributed by atoms with Gasteiger partial charge in [-0.05, 0) is 24.3 Å². The van der Waals surface area contributed by atoms with Crippen molar-refractivity contribution < 1.29 is 17.2 Å². The van der Waals surface area contributed by atoms with Gasteiger partial charge in [-0.25, -0.2) is 0 Å². The lowest BCUT2D eigenvalue weighted by molar-refractivity contribution is 0.482. The van der Waals surface area contributed by atoms with Gasteiger partial charge in [0, 0.05) is 16.9 Å². The van der Waals surface area contributed by atoms with Crippen LogP contribution in [-0.4, -0.2) is 20.1 Å². The van der Waals surface area contributed by atoms with Crippen molar-refractivity contribution in [3.8, 4) is 0 Å². The first-order valence-corrected chi connectivity index (χ1v) is 5.50. The van der Waals surface area contributed by atoms with Crippen LogP contribution in [0.25, 0.3) is 0 Å². The molecule has 0 unspecified atom stereocenters. The van der Waals surface area contributed by atoms with Gasteiger partial charge in [0.05, 0.1) is 12.0 Å². The van der Waals surface area contributed by atoms with Gasteiger partial charge >= 0.3 is 0 Å². The molecule has 0 bridgehead atoms. The standard InChI is InChI=1S/C7H8O4S2/c1-11-12-6-2-4-7(5-3-6)13(8,9)10/h2-5H,1H3,(H,8,9,10). The fourth-order valence-corrected chi connectivity index (χ4v) is 1.68. The van der Waals surface area contributed by atoms with E-state index >= 15 is 0 Å². The molecule has 0 aliphatic heterocycles. The van der Waals surface area contributed by atoms with Gasteiger partial charge in [0.1, 0.15) is 0 Å². The molecule has 1 rings (SSSR count). The summed E-state index contributed by atoms with van der Waals surface area (Å²) in [5, 5.41) is 0. The second-order valence-corrected chi connectivity index (χ2v) is 4.59. The van der Waals surface area contributed by atoms with Crippen LogP contribution >= 0.6 is 12.0 Å². The lowest BCUT2D eigenvalue weighted by atomic mass is 10.4. The summed E-state index contributed by atoms with van der Waals surface area (Å²) in [6.07, 6.45) is 0. The van der Waals surface area contributed by atoms with E-state index in [2.05, 4.69) is 0 Å². The Labute approximate surface area is 80.9 Å². The Balaban J connectivity index is 2.94. The molecule has 1 aromatic carbocycles.